The third-order valence-electron chi connectivity index (χ3n) is 3.82. The largest absolute Gasteiger partial charge is 0.310 e. The number of benzene rings is 2. The lowest BCUT2D eigenvalue weighted by Gasteiger charge is -2.21. The molecule has 2 aromatic carbocycles. The van der Waals surface area contributed by atoms with Crippen LogP contribution in [0.2, 0.25) is 5.02 Å². The van der Waals surface area contributed by atoms with Crippen LogP contribution < -0.4 is 5.32 Å². The molecule has 0 amide bonds. The normalized spacial score (nSPS) is 12.3. The van der Waals surface area contributed by atoms with Gasteiger partial charge in [-0.1, -0.05) is 54.9 Å². The monoisotopic (exact) mass is 301 g/mol. The van der Waals surface area contributed by atoms with Gasteiger partial charge in [0, 0.05) is 11.1 Å². The third-order valence-corrected chi connectivity index (χ3v) is 4.06. The van der Waals surface area contributed by atoms with Gasteiger partial charge in [0.1, 0.15) is 0 Å². The van der Waals surface area contributed by atoms with E-state index in [-0.39, 0.29) is 0 Å². The van der Waals surface area contributed by atoms with Crippen molar-refractivity contribution >= 4 is 11.6 Å². The molecule has 1 N–H and O–H groups in total. The van der Waals surface area contributed by atoms with Crippen LogP contribution in [0.4, 0.5) is 0 Å². The summed E-state index contributed by atoms with van der Waals surface area (Å²) in [6, 6.07) is 17.2. The van der Waals surface area contributed by atoms with Crippen LogP contribution in [0.15, 0.2) is 48.5 Å². The molecule has 0 radical (unpaired) electrons. The van der Waals surface area contributed by atoms with Gasteiger partial charge < -0.3 is 5.32 Å². The van der Waals surface area contributed by atoms with E-state index in [1.54, 1.807) is 0 Å². The van der Waals surface area contributed by atoms with Crippen LogP contribution in [0.25, 0.3) is 0 Å². The summed E-state index contributed by atoms with van der Waals surface area (Å²) in [4.78, 5) is 0. The fourth-order valence-corrected chi connectivity index (χ4v) is 2.81. The minimum absolute atomic E-state index is 0.365. The van der Waals surface area contributed by atoms with E-state index < -0.39 is 0 Å². The maximum Gasteiger partial charge on any atom is 0.0409 e. The first-order valence-electron chi connectivity index (χ1n) is 7.74. The predicted molar refractivity (Wildman–Crippen MR) is 92.0 cm³/mol. The van der Waals surface area contributed by atoms with E-state index in [1.807, 2.05) is 6.07 Å². The molecule has 1 nitrogen and oxygen atoms in total. The zero-order valence-electron chi connectivity index (χ0n) is 12.9. The Balaban J connectivity index is 2.12. The average molecular weight is 302 g/mol. The van der Waals surface area contributed by atoms with Crippen molar-refractivity contribution < 1.29 is 0 Å². The maximum absolute atomic E-state index is 6.18. The summed E-state index contributed by atoms with van der Waals surface area (Å²) in [5.74, 6) is 0. The Kier molecular flexibility index (Phi) is 6.28. The number of nitrogens with one attached hydrogen (secondary N) is 1. The molecule has 0 heterocycles. The van der Waals surface area contributed by atoms with Gasteiger partial charge in [0.25, 0.3) is 0 Å². The lowest BCUT2D eigenvalue weighted by Crippen LogP contribution is -2.23. The molecule has 0 aliphatic heterocycles. The van der Waals surface area contributed by atoms with E-state index in [9.17, 15) is 0 Å². The SMILES string of the molecule is CCCNC(CCc1ccccc1)c1cc(Cl)ccc1C. The fraction of sp³-hybridized carbons (Fsp3) is 0.368. The van der Waals surface area contributed by atoms with E-state index in [4.69, 9.17) is 11.6 Å². The van der Waals surface area contributed by atoms with E-state index in [0.717, 1.165) is 30.8 Å². The topological polar surface area (TPSA) is 12.0 Å². The first kappa shape index (κ1) is 16.1. The van der Waals surface area contributed by atoms with Crippen molar-refractivity contribution in [2.24, 2.45) is 0 Å². The van der Waals surface area contributed by atoms with Crippen LogP contribution in [-0.4, -0.2) is 6.54 Å². The van der Waals surface area contributed by atoms with Crippen LogP contribution in [0.5, 0.6) is 0 Å². The van der Waals surface area contributed by atoms with Crippen LogP contribution >= 0.6 is 11.6 Å². The number of aryl methyl sites for hydroxylation is 2. The Morgan fingerprint density at radius 1 is 1.10 bits per heavy atom. The second kappa shape index (κ2) is 8.21. The van der Waals surface area contributed by atoms with Crippen LogP contribution in [-0.2, 0) is 6.42 Å². The summed E-state index contributed by atoms with van der Waals surface area (Å²) >= 11 is 6.18. The lowest BCUT2D eigenvalue weighted by atomic mass is 9.95. The smallest absolute Gasteiger partial charge is 0.0409 e. The molecule has 0 aromatic heterocycles. The van der Waals surface area contributed by atoms with Crippen molar-refractivity contribution in [2.45, 2.75) is 39.2 Å². The summed E-state index contributed by atoms with van der Waals surface area (Å²) in [6.07, 6.45) is 3.31. The van der Waals surface area contributed by atoms with Gasteiger partial charge >= 0.3 is 0 Å². The first-order valence-corrected chi connectivity index (χ1v) is 8.12. The highest BCUT2D eigenvalue weighted by Gasteiger charge is 2.13. The van der Waals surface area contributed by atoms with Gasteiger partial charge in [0.05, 0.1) is 0 Å². The molecule has 2 rings (SSSR count). The van der Waals surface area contributed by atoms with Crippen LogP contribution in [0.3, 0.4) is 0 Å². The molecular weight excluding hydrogens is 278 g/mol. The Morgan fingerprint density at radius 2 is 1.86 bits per heavy atom. The van der Waals surface area contributed by atoms with Gasteiger partial charge in [-0.15, -0.1) is 0 Å². The summed E-state index contributed by atoms with van der Waals surface area (Å²) in [5, 5.41) is 4.48. The number of rotatable bonds is 7. The molecule has 0 bridgehead atoms. The van der Waals surface area contributed by atoms with Crippen molar-refractivity contribution in [1.29, 1.82) is 0 Å². The van der Waals surface area contributed by atoms with E-state index in [1.165, 1.54) is 16.7 Å². The molecule has 21 heavy (non-hydrogen) atoms. The highest BCUT2D eigenvalue weighted by molar-refractivity contribution is 6.30. The van der Waals surface area contributed by atoms with Crippen molar-refractivity contribution in [3.63, 3.8) is 0 Å². The Hall–Kier alpha value is -1.31. The molecule has 112 valence electrons. The quantitative estimate of drug-likeness (QED) is 0.729. The van der Waals surface area contributed by atoms with Crippen molar-refractivity contribution in [1.82, 2.24) is 5.32 Å². The molecule has 0 aliphatic carbocycles. The van der Waals surface area contributed by atoms with E-state index in [2.05, 4.69) is 61.6 Å². The Labute approximate surface area is 133 Å². The molecule has 2 aromatic rings. The molecular formula is C19H24ClN. The average Bonchev–Trinajstić information content (AvgIpc) is 2.51. The maximum atomic E-state index is 6.18. The minimum atomic E-state index is 0.365. The summed E-state index contributed by atoms with van der Waals surface area (Å²) in [5.41, 5.74) is 4.02. The second-order valence-electron chi connectivity index (χ2n) is 5.53. The van der Waals surface area contributed by atoms with E-state index in [0.29, 0.717) is 6.04 Å². The Bertz CT molecular complexity index is 551. The zero-order valence-corrected chi connectivity index (χ0v) is 13.7. The Morgan fingerprint density at radius 3 is 2.57 bits per heavy atom. The molecule has 0 fully saturated rings. The highest BCUT2D eigenvalue weighted by atomic mass is 35.5. The van der Waals surface area contributed by atoms with Crippen molar-refractivity contribution in [3.8, 4) is 0 Å². The van der Waals surface area contributed by atoms with Gasteiger partial charge in [-0.3, -0.25) is 0 Å². The third kappa shape index (κ3) is 4.87. The molecule has 2 heteroatoms. The molecule has 0 spiro atoms. The predicted octanol–water partition coefficient (Wildman–Crippen LogP) is 5.32. The number of halogens is 1. The molecule has 0 saturated heterocycles. The molecule has 0 saturated carbocycles. The fourth-order valence-electron chi connectivity index (χ4n) is 2.63. The van der Waals surface area contributed by atoms with Crippen LogP contribution in [0, 0.1) is 6.92 Å². The summed E-state index contributed by atoms with van der Waals surface area (Å²) < 4.78 is 0. The first-order chi connectivity index (χ1) is 10.2. The molecule has 0 aliphatic rings. The summed E-state index contributed by atoms with van der Waals surface area (Å²) in [7, 11) is 0. The van der Waals surface area contributed by atoms with Gasteiger partial charge in [0.15, 0.2) is 0 Å². The van der Waals surface area contributed by atoms with Gasteiger partial charge in [0.2, 0.25) is 0 Å². The van der Waals surface area contributed by atoms with Gasteiger partial charge in [-0.2, -0.15) is 0 Å². The zero-order chi connectivity index (χ0) is 15.1. The highest BCUT2D eigenvalue weighted by Crippen LogP contribution is 2.25. The lowest BCUT2D eigenvalue weighted by molar-refractivity contribution is 0.497. The van der Waals surface area contributed by atoms with E-state index >= 15 is 0 Å². The second-order valence-corrected chi connectivity index (χ2v) is 5.97. The number of hydrogen-bond donors (Lipinski definition) is 1. The van der Waals surface area contributed by atoms with Gasteiger partial charge in [-0.05, 0) is 61.6 Å². The number of hydrogen-bond acceptors (Lipinski definition) is 1. The standard InChI is InChI=1S/C19H24ClN/c1-3-13-21-19(12-10-16-7-5-4-6-8-16)18-14-17(20)11-9-15(18)2/h4-9,11,14,19,21H,3,10,12-13H2,1-2H3. The van der Waals surface area contributed by atoms with Crippen molar-refractivity contribution in [2.75, 3.05) is 6.54 Å². The van der Waals surface area contributed by atoms with Crippen molar-refractivity contribution in [3.05, 3.63) is 70.2 Å². The van der Waals surface area contributed by atoms with Gasteiger partial charge in [-0.25, -0.2) is 0 Å². The molecule has 1 unspecified atom stereocenters. The molecule has 1 atom stereocenters. The van der Waals surface area contributed by atoms with Crippen LogP contribution in [0.1, 0.15) is 42.5 Å². The summed E-state index contributed by atoms with van der Waals surface area (Å²) in [6.45, 7) is 5.40. The minimum Gasteiger partial charge on any atom is -0.310 e.